The number of nitrogens with two attached hydrogens (primary N) is 1. The van der Waals surface area contributed by atoms with Crippen LogP contribution in [0.1, 0.15) is 11.3 Å². The largest absolute Gasteiger partial charge is 0.325 e. The molecule has 0 amide bonds. The SMILES string of the molecule is CN(C)CCN1CCN(Cc2cccnc2CN)CC1. The van der Waals surface area contributed by atoms with Gasteiger partial charge in [-0.2, -0.15) is 0 Å². The zero-order valence-corrected chi connectivity index (χ0v) is 12.8. The highest BCUT2D eigenvalue weighted by Crippen LogP contribution is 2.11. The Morgan fingerprint density at radius 2 is 1.90 bits per heavy atom. The van der Waals surface area contributed by atoms with Crippen molar-refractivity contribution in [3.05, 3.63) is 29.6 Å². The van der Waals surface area contributed by atoms with Crippen LogP contribution in [0.5, 0.6) is 0 Å². The van der Waals surface area contributed by atoms with Crippen LogP contribution in [-0.2, 0) is 13.1 Å². The van der Waals surface area contributed by atoms with Gasteiger partial charge in [0.05, 0.1) is 5.69 Å². The molecule has 20 heavy (non-hydrogen) atoms. The van der Waals surface area contributed by atoms with E-state index >= 15 is 0 Å². The average molecular weight is 277 g/mol. The first kappa shape index (κ1) is 15.4. The fourth-order valence-electron chi connectivity index (χ4n) is 2.55. The number of likely N-dealkylation sites (N-methyl/N-ethyl adjacent to an activating group) is 1. The Bertz CT molecular complexity index is 399. The Hall–Kier alpha value is -1.01. The Kier molecular flexibility index (Phi) is 5.91. The Morgan fingerprint density at radius 1 is 1.20 bits per heavy atom. The van der Waals surface area contributed by atoms with Crippen molar-refractivity contribution in [3.63, 3.8) is 0 Å². The summed E-state index contributed by atoms with van der Waals surface area (Å²) in [6.45, 7) is 8.39. The summed E-state index contributed by atoms with van der Waals surface area (Å²) in [6.07, 6.45) is 1.82. The lowest BCUT2D eigenvalue weighted by molar-refractivity contribution is 0.120. The summed E-state index contributed by atoms with van der Waals surface area (Å²) < 4.78 is 0. The van der Waals surface area contributed by atoms with Crippen LogP contribution in [0, 0.1) is 0 Å². The van der Waals surface area contributed by atoms with Gasteiger partial charge >= 0.3 is 0 Å². The van der Waals surface area contributed by atoms with Crippen LogP contribution in [-0.4, -0.2) is 73.0 Å². The Morgan fingerprint density at radius 3 is 2.55 bits per heavy atom. The summed E-state index contributed by atoms with van der Waals surface area (Å²) in [7, 11) is 4.26. The second-order valence-corrected chi connectivity index (χ2v) is 5.73. The lowest BCUT2D eigenvalue weighted by Crippen LogP contribution is -2.47. The third-order valence-corrected chi connectivity index (χ3v) is 3.90. The molecule has 0 bridgehead atoms. The van der Waals surface area contributed by atoms with E-state index in [0.717, 1.165) is 45.0 Å². The fraction of sp³-hybridized carbons (Fsp3) is 0.667. The van der Waals surface area contributed by atoms with Crippen molar-refractivity contribution in [2.75, 3.05) is 53.4 Å². The van der Waals surface area contributed by atoms with Crippen LogP contribution in [0.4, 0.5) is 0 Å². The molecule has 5 nitrogen and oxygen atoms in total. The zero-order chi connectivity index (χ0) is 14.4. The highest BCUT2D eigenvalue weighted by atomic mass is 15.3. The van der Waals surface area contributed by atoms with Crippen molar-refractivity contribution < 1.29 is 0 Å². The monoisotopic (exact) mass is 277 g/mol. The molecule has 1 saturated heterocycles. The molecule has 0 unspecified atom stereocenters. The molecular weight excluding hydrogens is 250 g/mol. The van der Waals surface area contributed by atoms with E-state index in [1.807, 2.05) is 12.3 Å². The van der Waals surface area contributed by atoms with E-state index in [1.165, 1.54) is 12.1 Å². The highest BCUT2D eigenvalue weighted by Gasteiger charge is 2.17. The molecular formula is C15H27N5. The summed E-state index contributed by atoms with van der Waals surface area (Å²) >= 11 is 0. The van der Waals surface area contributed by atoms with Crippen molar-refractivity contribution >= 4 is 0 Å². The lowest BCUT2D eigenvalue weighted by atomic mass is 10.1. The molecule has 0 aromatic carbocycles. The topological polar surface area (TPSA) is 48.6 Å². The minimum atomic E-state index is 0.527. The third kappa shape index (κ3) is 4.52. The second-order valence-electron chi connectivity index (χ2n) is 5.73. The van der Waals surface area contributed by atoms with Crippen LogP contribution < -0.4 is 5.73 Å². The molecule has 1 aromatic heterocycles. The third-order valence-electron chi connectivity index (χ3n) is 3.90. The molecule has 2 rings (SSSR count). The Labute approximate surface area is 122 Å². The number of hydrogen-bond donors (Lipinski definition) is 1. The van der Waals surface area contributed by atoms with Crippen molar-refractivity contribution in [1.82, 2.24) is 19.7 Å². The maximum absolute atomic E-state index is 5.75. The van der Waals surface area contributed by atoms with Gasteiger partial charge in [0.2, 0.25) is 0 Å². The predicted octanol–water partition coefficient (Wildman–Crippen LogP) is 0.220. The highest BCUT2D eigenvalue weighted by molar-refractivity contribution is 5.19. The molecule has 0 radical (unpaired) electrons. The van der Waals surface area contributed by atoms with Crippen molar-refractivity contribution in [3.8, 4) is 0 Å². The Balaban J connectivity index is 1.79. The minimum Gasteiger partial charge on any atom is -0.325 e. The van der Waals surface area contributed by atoms with E-state index in [4.69, 9.17) is 5.73 Å². The smallest absolute Gasteiger partial charge is 0.0584 e. The van der Waals surface area contributed by atoms with E-state index in [9.17, 15) is 0 Å². The summed E-state index contributed by atoms with van der Waals surface area (Å²) in [5, 5.41) is 0. The zero-order valence-electron chi connectivity index (χ0n) is 12.8. The molecule has 0 spiro atoms. The number of rotatable bonds is 6. The van der Waals surface area contributed by atoms with Gasteiger partial charge in [0.1, 0.15) is 0 Å². The number of pyridine rings is 1. The standard InChI is InChI=1S/C15H27N5/c1-18(2)6-7-19-8-10-20(11-9-19)13-14-4-3-5-17-15(14)12-16/h3-5H,6-13,16H2,1-2H3. The van der Waals surface area contributed by atoms with Gasteiger partial charge in [-0.15, -0.1) is 0 Å². The molecule has 1 aromatic rings. The molecule has 0 aliphatic carbocycles. The van der Waals surface area contributed by atoms with Gasteiger partial charge in [0.25, 0.3) is 0 Å². The number of hydrogen-bond acceptors (Lipinski definition) is 5. The average Bonchev–Trinajstić information content (AvgIpc) is 2.47. The van der Waals surface area contributed by atoms with Gasteiger partial charge in [-0.25, -0.2) is 0 Å². The van der Waals surface area contributed by atoms with Crippen molar-refractivity contribution in [2.45, 2.75) is 13.1 Å². The van der Waals surface area contributed by atoms with Gasteiger partial charge in [-0.1, -0.05) is 6.07 Å². The van der Waals surface area contributed by atoms with Crippen LogP contribution in [0.25, 0.3) is 0 Å². The van der Waals surface area contributed by atoms with Gasteiger partial charge in [-0.3, -0.25) is 14.8 Å². The lowest BCUT2D eigenvalue weighted by Gasteiger charge is -2.35. The van der Waals surface area contributed by atoms with E-state index in [0.29, 0.717) is 6.54 Å². The summed E-state index contributed by atoms with van der Waals surface area (Å²) in [6, 6.07) is 4.15. The second kappa shape index (κ2) is 7.69. The fourth-order valence-corrected chi connectivity index (χ4v) is 2.55. The molecule has 112 valence electrons. The van der Waals surface area contributed by atoms with Gasteiger partial charge in [-0.05, 0) is 25.7 Å². The van der Waals surface area contributed by atoms with Crippen LogP contribution in [0.15, 0.2) is 18.3 Å². The number of nitrogens with zero attached hydrogens (tertiary/aromatic N) is 4. The van der Waals surface area contributed by atoms with Crippen molar-refractivity contribution in [1.29, 1.82) is 0 Å². The van der Waals surface area contributed by atoms with Crippen LogP contribution in [0.2, 0.25) is 0 Å². The maximum atomic E-state index is 5.75. The molecule has 0 atom stereocenters. The molecule has 5 heteroatoms. The molecule has 0 saturated carbocycles. The summed E-state index contributed by atoms with van der Waals surface area (Å²) in [5.41, 5.74) is 8.06. The molecule has 1 fully saturated rings. The van der Waals surface area contributed by atoms with Crippen LogP contribution in [0.3, 0.4) is 0 Å². The summed E-state index contributed by atoms with van der Waals surface area (Å²) in [4.78, 5) is 11.7. The summed E-state index contributed by atoms with van der Waals surface area (Å²) in [5.74, 6) is 0. The minimum absolute atomic E-state index is 0.527. The maximum Gasteiger partial charge on any atom is 0.0584 e. The van der Waals surface area contributed by atoms with Crippen LogP contribution >= 0.6 is 0 Å². The number of aromatic nitrogens is 1. The van der Waals surface area contributed by atoms with E-state index in [-0.39, 0.29) is 0 Å². The predicted molar refractivity (Wildman–Crippen MR) is 82.4 cm³/mol. The van der Waals surface area contributed by atoms with Crippen molar-refractivity contribution in [2.24, 2.45) is 5.73 Å². The molecule has 1 aliphatic rings. The normalized spacial score (nSPS) is 17.8. The van der Waals surface area contributed by atoms with Gasteiger partial charge in [0.15, 0.2) is 0 Å². The van der Waals surface area contributed by atoms with E-state index < -0.39 is 0 Å². The van der Waals surface area contributed by atoms with E-state index in [2.05, 4.69) is 39.8 Å². The number of piperazine rings is 1. The van der Waals surface area contributed by atoms with Gasteiger partial charge in [0, 0.05) is 58.6 Å². The van der Waals surface area contributed by atoms with Gasteiger partial charge < -0.3 is 10.6 Å². The van der Waals surface area contributed by atoms with E-state index in [1.54, 1.807) is 0 Å². The molecule has 1 aliphatic heterocycles. The molecule has 2 heterocycles. The quantitative estimate of drug-likeness (QED) is 0.806. The first-order valence-electron chi connectivity index (χ1n) is 7.41. The first-order chi connectivity index (χ1) is 9.69. The molecule has 2 N–H and O–H groups in total. The first-order valence-corrected chi connectivity index (χ1v) is 7.41.